The fourth-order valence-electron chi connectivity index (χ4n) is 2.55. The van der Waals surface area contributed by atoms with E-state index < -0.39 is 0 Å². The molecular weight excluding hydrogens is 230 g/mol. The van der Waals surface area contributed by atoms with Gasteiger partial charge >= 0.3 is 0 Å². The van der Waals surface area contributed by atoms with E-state index in [0.29, 0.717) is 11.5 Å². The first kappa shape index (κ1) is 13.1. The third-order valence-electron chi connectivity index (χ3n) is 3.81. The fraction of sp³-hybridized carbons (Fsp3) is 0.692. The van der Waals surface area contributed by atoms with Crippen molar-refractivity contribution in [3.63, 3.8) is 0 Å². The Labute approximate surface area is 107 Å². The molecule has 1 fully saturated rings. The van der Waals surface area contributed by atoms with E-state index in [-0.39, 0.29) is 12.5 Å². The number of carbonyl (C=O) groups is 1. The van der Waals surface area contributed by atoms with Gasteiger partial charge in [0.25, 0.3) is 5.91 Å². The number of rotatable bonds is 3. The maximum absolute atomic E-state index is 12.4. The van der Waals surface area contributed by atoms with E-state index in [2.05, 4.69) is 5.10 Å². The topological polar surface area (TPSA) is 58.4 Å². The maximum atomic E-state index is 12.4. The van der Waals surface area contributed by atoms with Gasteiger partial charge in [-0.05, 0) is 32.1 Å². The van der Waals surface area contributed by atoms with Crippen molar-refractivity contribution in [3.8, 4) is 0 Å². The summed E-state index contributed by atoms with van der Waals surface area (Å²) in [7, 11) is 1.84. The number of piperidine rings is 1. The largest absolute Gasteiger partial charge is 0.396 e. The fourth-order valence-corrected chi connectivity index (χ4v) is 2.55. The average molecular weight is 251 g/mol. The van der Waals surface area contributed by atoms with Gasteiger partial charge in [-0.25, -0.2) is 0 Å². The van der Waals surface area contributed by atoms with Gasteiger partial charge in [-0.3, -0.25) is 9.48 Å². The van der Waals surface area contributed by atoms with Crippen molar-refractivity contribution in [1.29, 1.82) is 0 Å². The van der Waals surface area contributed by atoms with Crippen LogP contribution in [0, 0.1) is 12.8 Å². The highest BCUT2D eigenvalue weighted by atomic mass is 16.3. The number of aliphatic hydroxyl groups excluding tert-OH is 1. The van der Waals surface area contributed by atoms with Crippen LogP contribution in [0.15, 0.2) is 6.20 Å². The van der Waals surface area contributed by atoms with Gasteiger partial charge in [0, 0.05) is 32.4 Å². The summed E-state index contributed by atoms with van der Waals surface area (Å²) in [5, 5.41) is 13.1. The molecule has 1 atom stereocenters. The number of nitrogens with zero attached hydrogens (tertiary/aromatic N) is 3. The Hall–Kier alpha value is -1.36. The summed E-state index contributed by atoms with van der Waals surface area (Å²) >= 11 is 0. The molecule has 18 heavy (non-hydrogen) atoms. The van der Waals surface area contributed by atoms with Crippen molar-refractivity contribution in [1.82, 2.24) is 14.7 Å². The van der Waals surface area contributed by atoms with Crippen LogP contribution in [-0.2, 0) is 7.05 Å². The summed E-state index contributed by atoms with van der Waals surface area (Å²) in [6.07, 6.45) is 4.56. The Morgan fingerprint density at radius 1 is 1.61 bits per heavy atom. The van der Waals surface area contributed by atoms with Crippen molar-refractivity contribution < 1.29 is 9.90 Å². The minimum absolute atomic E-state index is 0.0724. The minimum Gasteiger partial charge on any atom is -0.396 e. The Morgan fingerprint density at radius 3 is 3.00 bits per heavy atom. The van der Waals surface area contributed by atoms with Crippen LogP contribution in [0.2, 0.25) is 0 Å². The molecule has 1 aromatic heterocycles. The van der Waals surface area contributed by atoms with Crippen LogP contribution in [0.3, 0.4) is 0 Å². The van der Waals surface area contributed by atoms with E-state index in [0.717, 1.165) is 38.0 Å². The number of aromatic nitrogens is 2. The number of hydrogen-bond acceptors (Lipinski definition) is 3. The predicted octanol–water partition coefficient (Wildman–Crippen LogP) is 0.963. The number of carbonyl (C=O) groups excluding carboxylic acids is 1. The van der Waals surface area contributed by atoms with Crippen LogP contribution in [0.5, 0.6) is 0 Å². The molecule has 1 aliphatic rings. The zero-order chi connectivity index (χ0) is 13.1. The molecule has 0 aliphatic carbocycles. The molecule has 0 radical (unpaired) electrons. The zero-order valence-corrected chi connectivity index (χ0v) is 11.1. The Balaban J connectivity index is 2.07. The van der Waals surface area contributed by atoms with Crippen LogP contribution in [-0.4, -0.2) is 45.4 Å². The van der Waals surface area contributed by atoms with E-state index in [9.17, 15) is 4.79 Å². The zero-order valence-electron chi connectivity index (χ0n) is 11.1. The molecule has 1 saturated heterocycles. The number of likely N-dealkylation sites (tertiary alicyclic amines) is 1. The van der Waals surface area contributed by atoms with Gasteiger partial charge in [0.05, 0.1) is 11.8 Å². The third-order valence-corrected chi connectivity index (χ3v) is 3.81. The van der Waals surface area contributed by atoms with Crippen LogP contribution in [0.4, 0.5) is 0 Å². The van der Waals surface area contributed by atoms with Crippen LogP contribution >= 0.6 is 0 Å². The van der Waals surface area contributed by atoms with Crippen molar-refractivity contribution in [2.45, 2.75) is 26.2 Å². The van der Waals surface area contributed by atoms with Crippen LogP contribution in [0.1, 0.15) is 35.3 Å². The Morgan fingerprint density at radius 2 is 2.39 bits per heavy atom. The monoisotopic (exact) mass is 251 g/mol. The van der Waals surface area contributed by atoms with Crippen LogP contribution in [0.25, 0.3) is 0 Å². The molecule has 1 amide bonds. The second-order valence-corrected chi connectivity index (χ2v) is 5.04. The lowest BCUT2D eigenvalue weighted by Gasteiger charge is -2.32. The van der Waals surface area contributed by atoms with Crippen molar-refractivity contribution in [2.24, 2.45) is 13.0 Å². The van der Waals surface area contributed by atoms with E-state index in [4.69, 9.17) is 5.11 Å². The van der Waals surface area contributed by atoms with E-state index in [1.54, 1.807) is 10.9 Å². The predicted molar refractivity (Wildman–Crippen MR) is 68.3 cm³/mol. The summed E-state index contributed by atoms with van der Waals surface area (Å²) in [6, 6.07) is 0. The molecule has 1 aliphatic heterocycles. The molecule has 2 heterocycles. The third kappa shape index (κ3) is 2.56. The van der Waals surface area contributed by atoms with Gasteiger partial charge in [-0.15, -0.1) is 0 Å². The molecule has 5 heteroatoms. The molecule has 5 nitrogen and oxygen atoms in total. The summed E-state index contributed by atoms with van der Waals surface area (Å²) in [5.41, 5.74) is 1.60. The maximum Gasteiger partial charge on any atom is 0.257 e. The number of amides is 1. The Bertz CT molecular complexity index is 426. The SMILES string of the molecule is Cc1c(C(=O)N2CCCC(CCO)C2)cnn1C. The van der Waals surface area contributed by atoms with Crippen molar-refractivity contribution in [2.75, 3.05) is 19.7 Å². The standard InChI is InChI=1S/C13H21N3O2/c1-10-12(8-14-15(10)2)13(18)16-6-3-4-11(9-16)5-7-17/h8,11,17H,3-7,9H2,1-2H3. The molecule has 1 N–H and O–H groups in total. The molecule has 0 spiro atoms. The molecule has 2 rings (SSSR count). The van der Waals surface area contributed by atoms with Gasteiger partial charge in [0.2, 0.25) is 0 Å². The summed E-state index contributed by atoms with van der Waals surface area (Å²) < 4.78 is 1.72. The van der Waals surface area contributed by atoms with Gasteiger partial charge in [0.1, 0.15) is 0 Å². The quantitative estimate of drug-likeness (QED) is 0.870. The first-order chi connectivity index (χ1) is 8.63. The van der Waals surface area contributed by atoms with Gasteiger partial charge in [0.15, 0.2) is 0 Å². The van der Waals surface area contributed by atoms with Gasteiger partial charge in [-0.1, -0.05) is 0 Å². The van der Waals surface area contributed by atoms with E-state index >= 15 is 0 Å². The smallest absolute Gasteiger partial charge is 0.257 e. The number of aliphatic hydroxyl groups is 1. The van der Waals surface area contributed by atoms with Crippen molar-refractivity contribution in [3.05, 3.63) is 17.5 Å². The second-order valence-electron chi connectivity index (χ2n) is 5.04. The normalized spacial score (nSPS) is 20.2. The van der Waals surface area contributed by atoms with Crippen LogP contribution < -0.4 is 0 Å². The number of hydrogen-bond donors (Lipinski definition) is 1. The summed E-state index contributed by atoms with van der Waals surface area (Å²) in [6.45, 7) is 3.69. The summed E-state index contributed by atoms with van der Waals surface area (Å²) in [5.74, 6) is 0.507. The highest BCUT2D eigenvalue weighted by Gasteiger charge is 2.25. The summed E-state index contributed by atoms with van der Waals surface area (Å²) in [4.78, 5) is 14.3. The lowest BCUT2D eigenvalue weighted by Crippen LogP contribution is -2.40. The van der Waals surface area contributed by atoms with Gasteiger partial charge < -0.3 is 10.0 Å². The van der Waals surface area contributed by atoms with E-state index in [1.807, 2.05) is 18.9 Å². The highest BCUT2D eigenvalue weighted by molar-refractivity contribution is 5.95. The van der Waals surface area contributed by atoms with Gasteiger partial charge in [-0.2, -0.15) is 5.10 Å². The highest BCUT2D eigenvalue weighted by Crippen LogP contribution is 2.21. The molecule has 0 bridgehead atoms. The Kier molecular flexibility index (Phi) is 4.01. The second kappa shape index (κ2) is 5.52. The molecule has 0 saturated carbocycles. The molecule has 100 valence electrons. The van der Waals surface area contributed by atoms with E-state index in [1.165, 1.54) is 0 Å². The first-order valence-corrected chi connectivity index (χ1v) is 6.52. The first-order valence-electron chi connectivity index (χ1n) is 6.52. The lowest BCUT2D eigenvalue weighted by atomic mass is 9.95. The molecular formula is C13H21N3O2. The lowest BCUT2D eigenvalue weighted by molar-refractivity contribution is 0.0653. The number of aryl methyl sites for hydroxylation is 1. The molecule has 1 unspecified atom stereocenters. The van der Waals surface area contributed by atoms with Crippen molar-refractivity contribution >= 4 is 5.91 Å². The average Bonchev–Trinajstić information content (AvgIpc) is 2.70. The molecule has 0 aromatic carbocycles. The molecule has 1 aromatic rings. The minimum atomic E-state index is 0.0724.